The predicted octanol–water partition coefficient (Wildman–Crippen LogP) is 4.69. The lowest BCUT2D eigenvalue weighted by atomic mass is 10.2. The van der Waals surface area contributed by atoms with E-state index in [1.54, 1.807) is 23.0 Å². The molecular weight excluding hydrogens is 427 g/mol. The molecule has 1 heterocycles. The van der Waals surface area contributed by atoms with Crippen molar-refractivity contribution in [2.24, 2.45) is 0 Å². The van der Waals surface area contributed by atoms with Crippen LogP contribution in [0.15, 0.2) is 59.2 Å². The van der Waals surface area contributed by atoms with Crippen molar-refractivity contribution in [3.63, 3.8) is 0 Å². The van der Waals surface area contributed by atoms with Crippen LogP contribution in [0.25, 0.3) is 0 Å². The number of ether oxygens (including phenoxy) is 1. The highest BCUT2D eigenvalue weighted by Gasteiger charge is 2.18. The maximum Gasteiger partial charge on any atom is 0.387 e. The number of rotatable bonds is 6. The quantitative estimate of drug-likeness (QED) is 0.606. The fraction of sp³-hybridized carbons (Fsp3) is 0.111. The van der Waals surface area contributed by atoms with Crippen molar-refractivity contribution in [1.82, 2.24) is 9.78 Å². The largest absolute Gasteiger partial charge is 0.434 e. The lowest BCUT2D eigenvalue weighted by Gasteiger charge is -2.10. The van der Waals surface area contributed by atoms with Crippen LogP contribution in [0, 0.1) is 5.82 Å². The first-order valence-electron chi connectivity index (χ1n) is 7.75. The third kappa shape index (κ3) is 4.88. The van der Waals surface area contributed by atoms with E-state index >= 15 is 0 Å². The molecule has 0 saturated carbocycles. The van der Waals surface area contributed by atoms with Gasteiger partial charge < -0.3 is 10.1 Å². The van der Waals surface area contributed by atoms with E-state index in [-0.39, 0.29) is 22.9 Å². The lowest BCUT2D eigenvalue weighted by Crippen LogP contribution is -2.15. The van der Waals surface area contributed by atoms with Crippen LogP contribution in [0.3, 0.4) is 0 Å². The van der Waals surface area contributed by atoms with E-state index in [1.165, 1.54) is 36.4 Å². The van der Waals surface area contributed by atoms with Crippen molar-refractivity contribution in [3.05, 3.63) is 76.1 Å². The zero-order valence-corrected chi connectivity index (χ0v) is 15.3. The molecule has 0 saturated heterocycles. The van der Waals surface area contributed by atoms with Gasteiger partial charge in [0, 0.05) is 6.20 Å². The second-order valence-corrected chi connectivity index (χ2v) is 6.33. The molecule has 5 nitrogen and oxygen atoms in total. The van der Waals surface area contributed by atoms with Crippen molar-refractivity contribution in [3.8, 4) is 5.75 Å². The number of aromatic nitrogens is 2. The Morgan fingerprint density at radius 2 is 1.89 bits per heavy atom. The van der Waals surface area contributed by atoms with E-state index in [2.05, 4.69) is 31.1 Å². The van der Waals surface area contributed by atoms with Gasteiger partial charge in [-0.2, -0.15) is 13.9 Å². The number of carbonyl (C=O) groups excluding carboxylic acids is 1. The number of para-hydroxylation sites is 1. The zero-order valence-electron chi connectivity index (χ0n) is 13.7. The summed E-state index contributed by atoms with van der Waals surface area (Å²) in [7, 11) is 0. The molecule has 140 valence electrons. The molecule has 3 rings (SSSR count). The van der Waals surface area contributed by atoms with Gasteiger partial charge in [-0.3, -0.25) is 9.48 Å². The number of halogens is 4. The summed E-state index contributed by atoms with van der Waals surface area (Å²) >= 11 is 3.29. The molecule has 0 fully saturated rings. The number of nitrogens with one attached hydrogen (secondary N) is 1. The van der Waals surface area contributed by atoms with Gasteiger partial charge in [-0.1, -0.05) is 24.3 Å². The number of anilines is 1. The third-order valence-corrected chi connectivity index (χ3v) is 4.13. The number of nitrogens with zero attached hydrogens (tertiary/aromatic N) is 2. The van der Waals surface area contributed by atoms with Crippen LogP contribution in [0.4, 0.5) is 19.0 Å². The zero-order chi connectivity index (χ0) is 19.4. The fourth-order valence-electron chi connectivity index (χ4n) is 2.37. The van der Waals surface area contributed by atoms with Gasteiger partial charge in [0.25, 0.3) is 5.91 Å². The molecule has 0 radical (unpaired) electrons. The molecule has 1 aromatic heterocycles. The Morgan fingerprint density at radius 3 is 2.59 bits per heavy atom. The number of carbonyl (C=O) groups is 1. The minimum atomic E-state index is -3.04. The van der Waals surface area contributed by atoms with Crippen LogP contribution < -0.4 is 10.1 Å². The molecule has 0 aliphatic heterocycles. The summed E-state index contributed by atoms with van der Waals surface area (Å²) in [4.78, 5) is 12.4. The molecule has 0 aliphatic rings. The van der Waals surface area contributed by atoms with Gasteiger partial charge in [0.05, 0.1) is 16.6 Å². The average molecular weight is 440 g/mol. The second-order valence-electron chi connectivity index (χ2n) is 5.48. The minimum Gasteiger partial charge on any atom is -0.434 e. The van der Waals surface area contributed by atoms with Gasteiger partial charge in [0.2, 0.25) is 0 Å². The summed E-state index contributed by atoms with van der Waals surface area (Å²) in [5, 5.41) is 6.79. The maximum atomic E-state index is 13.0. The van der Waals surface area contributed by atoms with Crippen molar-refractivity contribution in [2.45, 2.75) is 13.2 Å². The van der Waals surface area contributed by atoms with Gasteiger partial charge in [0.1, 0.15) is 11.6 Å². The summed E-state index contributed by atoms with van der Waals surface area (Å²) in [6.45, 7) is -2.68. The Hall–Kier alpha value is -2.81. The Balaban J connectivity index is 1.75. The highest BCUT2D eigenvalue weighted by Crippen LogP contribution is 2.25. The number of benzene rings is 2. The number of alkyl halides is 2. The third-order valence-electron chi connectivity index (χ3n) is 3.55. The average Bonchev–Trinajstić information content (AvgIpc) is 2.96. The SMILES string of the molecule is O=C(Nc1nn(Cc2ccc(F)cc2)cc1Br)c1ccccc1OC(F)F. The molecule has 9 heteroatoms. The first kappa shape index (κ1) is 19.0. The van der Waals surface area contributed by atoms with Gasteiger partial charge in [-0.25, -0.2) is 4.39 Å². The van der Waals surface area contributed by atoms with Gasteiger partial charge in [0.15, 0.2) is 5.82 Å². The first-order valence-corrected chi connectivity index (χ1v) is 8.54. The van der Waals surface area contributed by atoms with Crippen LogP contribution in [0.1, 0.15) is 15.9 Å². The van der Waals surface area contributed by atoms with Crippen LogP contribution in [-0.2, 0) is 6.54 Å². The van der Waals surface area contributed by atoms with Crippen molar-refractivity contribution in [2.75, 3.05) is 5.32 Å². The summed E-state index contributed by atoms with van der Waals surface area (Å²) in [6, 6.07) is 11.6. The van der Waals surface area contributed by atoms with E-state index in [1.807, 2.05) is 0 Å². The van der Waals surface area contributed by atoms with Crippen molar-refractivity contribution < 1.29 is 22.7 Å². The summed E-state index contributed by atoms with van der Waals surface area (Å²) < 4.78 is 44.4. The van der Waals surface area contributed by atoms with E-state index in [9.17, 15) is 18.0 Å². The number of hydrogen-bond donors (Lipinski definition) is 1. The van der Waals surface area contributed by atoms with E-state index in [4.69, 9.17) is 0 Å². The van der Waals surface area contributed by atoms with E-state index < -0.39 is 12.5 Å². The topological polar surface area (TPSA) is 56.2 Å². The van der Waals surface area contributed by atoms with E-state index in [0.717, 1.165) is 5.56 Å². The molecule has 27 heavy (non-hydrogen) atoms. The summed E-state index contributed by atoms with van der Waals surface area (Å²) in [5.74, 6) is -0.988. The Labute approximate surface area is 160 Å². The molecule has 1 amide bonds. The second kappa shape index (κ2) is 8.26. The monoisotopic (exact) mass is 439 g/mol. The molecule has 0 bridgehead atoms. The lowest BCUT2D eigenvalue weighted by molar-refractivity contribution is -0.0501. The van der Waals surface area contributed by atoms with Crippen molar-refractivity contribution >= 4 is 27.7 Å². The molecule has 0 unspecified atom stereocenters. The fourth-order valence-corrected chi connectivity index (χ4v) is 2.78. The highest BCUT2D eigenvalue weighted by molar-refractivity contribution is 9.10. The molecule has 0 spiro atoms. The van der Waals surface area contributed by atoms with Crippen LogP contribution in [0.5, 0.6) is 5.75 Å². The van der Waals surface area contributed by atoms with Crippen LogP contribution in [-0.4, -0.2) is 22.3 Å². The Morgan fingerprint density at radius 1 is 1.19 bits per heavy atom. The molecule has 0 atom stereocenters. The predicted molar refractivity (Wildman–Crippen MR) is 96.5 cm³/mol. The van der Waals surface area contributed by atoms with Crippen molar-refractivity contribution in [1.29, 1.82) is 0 Å². The minimum absolute atomic E-state index is 0.0437. The van der Waals surface area contributed by atoms with E-state index in [0.29, 0.717) is 11.0 Å². The molecular formula is C18H13BrF3N3O2. The highest BCUT2D eigenvalue weighted by atomic mass is 79.9. The summed E-state index contributed by atoms with van der Waals surface area (Å²) in [6.07, 6.45) is 1.64. The number of amides is 1. The standard InChI is InChI=1S/C18H13BrF3N3O2/c19-14-10-25(9-11-5-7-12(20)8-6-11)24-16(14)23-17(26)13-3-1-2-4-15(13)27-18(21)22/h1-8,10,18H,9H2,(H,23,24,26). The van der Waals surface area contributed by atoms with Crippen LogP contribution >= 0.6 is 15.9 Å². The molecule has 0 aliphatic carbocycles. The molecule has 1 N–H and O–H groups in total. The first-order chi connectivity index (χ1) is 12.9. The van der Waals surface area contributed by atoms with Gasteiger partial charge >= 0.3 is 6.61 Å². The Kier molecular flexibility index (Phi) is 5.80. The number of hydrogen-bond acceptors (Lipinski definition) is 3. The molecule has 2 aromatic carbocycles. The van der Waals surface area contributed by atoms with Gasteiger partial charge in [-0.05, 0) is 45.8 Å². The summed E-state index contributed by atoms with van der Waals surface area (Å²) in [5.41, 5.74) is 0.776. The van der Waals surface area contributed by atoms with Crippen LogP contribution in [0.2, 0.25) is 0 Å². The molecule has 3 aromatic rings. The smallest absolute Gasteiger partial charge is 0.387 e. The maximum absolute atomic E-state index is 13.0. The van der Waals surface area contributed by atoms with Gasteiger partial charge in [-0.15, -0.1) is 0 Å². The Bertz CT molecular complexity index is 945. The normalized spacial score (nSPS) is 10.9.